The summed E-state index contributed by atoms with van der Waals surface area (Å²) in [5.74, 6) is 0. The standard InChI is InChI=1S/C9H7N2.C2H6.Re/c1-7-9-5-3-2-4-8(9)6-10-11-7;1-2;/h2-5H,1H3;1-2H3;/q-1;;. The molecule has 75 valence electrons. The van der Waals surface area contributed by atoms with Gasteiger partial charge in [0.25, 0.3) is 0 Å². The molecule has 1 aromatic carbocycles. The van der Waals surface area contributed by atoms with Crippen LogP contribution >= 0.6 is 0 Å². The van der Waals surface area contributed by atoms with Crippen molar-refractivity contribution in [2.45, 2.75) is 20.8 Å². The second-order valence-electron chi connectivity index (χ2n) is 2.44. The largest absolute Gasteiger partial charge is 0.229 e. The van der Waals surface area contributed by atoms with E-state index in [1.807, 2.05) is 45.0 Å². The van der Waals surface area contributed by atoms with Crippen LogP contribution in [0.1, 0.15) is 19.5 Å². The minimum atomic E-state index is 0. The van der Waals surface area contributed by atoms with Crippen molar-refractivity contribution in [2.75, 3.05) is 0 Å². The van der Waals surface area contributed by atoms with Crippen molar-refractivity contribution in [1.82, 2.24) is 10.2 Å². The van der Waals surface area contributed by atoms with Crippen LogP contribution in [0.2, 0.25) is 0 Å². The molecule has 0 aliphatic heterocycles. The van der Waals surface area contributed by atoms with Gasteiger partial charge >= 0.3 is 0 Å². The minimum absolute atomic E-state index is 0. The molecule has 3 heteroatoms. The zero-order chi connectivity index (χ0) is 9.68. The third-order valence-electron chi connectivity index (χ3n) is 1.69. The van der Waals surface area contributed by atoms with Crippen LogP contribution in [0, 0.1) is 13.1 Å². The van der Waals surface area contributed by atoms with Crippen molar-refractivity contribution < 1.29 is 20.4 Å². The summed E-state index contributed by atoms with van der Waals surface area (Å²) in [5, 5.41) is 9.79. The molecule has 0 fully saturated rings. The number of aryl methyl sites for hydroxylation is 1. The summed E-state index contributed by atoms with van der Waals surface area (Å²) in [7, 11) is 0. The zero-order valence-corrected chi connectivity index (χ0v) is 11.3. The maximum Gasteiger partial charge on any atom is 0.0117 e. The van der Waals surface area contributed by atoms with Crippen LogP contribution in [-0.2, 0) is 20.4 Å². The molecule has 2 aromatic rings. The van der Waals surface area contributed by atoms with Gasteiger partial charge in [-0.15, -0.1) is 17.5 Å². The maximum atomic E-state index is 3.90. The molecule has 1 aromatic heterocycles. The molecular weight excluding hydrogens is 346 g/mol. The maximum absolute atomic E-state index is 3.90. The Kier molecular flexibility index (Phi) is 6.27. The van der Waals surface area contributed by atoms with Gasteiger partial charge in [-0.1, -0.05) is 19.9 Å². The Hall–Kier alpha value is -0.778. The first-order chi connectivity index (χ1) is 6.38. The van der Waals surface area contributed by atoms with Crippen molar-refractivity contribution in [1.29, 1.82) is 0 Å². The minimum Gasteiger partial charge on any atom is -0.229 e. The second kappa shape index (κ2) is 6.64. The van der Waals surface area contributed by atoms with Gasteiger partial charge < -0.3 is 0 Å². The summed E-state index contributed by atoms with van der Waals surface area (Å²) >= 11 is 0. The first-order valence-electron chi connectivity index (χ1n) is 4.47. The van der Waals surface area contributed by atoms with Crippen LogP contribution < -0.4 is 0 Å². The Balaban J connectivity index is 0.000000531. The van der Waals surface area contributed by atoms with Crippen molar-refractivity contribution in [3.63, 3.8) is 0 Å². The number of rotatable bonds is 0. The average molecular weight is 359 g/mol. The van der Waals surface area contributed by atoms with E-state index in [2.05, 4.69) is 16.4 Å². The van der Waals surface area contributed by atoms with Crippen molar-refractivity contribution in [3.8, 4) is 0 Å². The van der Waals surface area contributed by atoms with E-state index in [0.717, 1.165) is 16.5 Å². The van der Waals surface area contributed by atoms with Crippen molar-refractivity contribution >= 4 is 10.8 Å². The number of hydrogen-bond acceptors (Lipinski definition) is 2. The third kappa shape index (κ3) is 2.87. The van der Waals surface area contributed by atoms with Crippen LogP contribution in [0.5, 0.6) is 0 Å². The van der Waals surface area contributed by atoms with Gasteiger partial charge in [0.15, 0.2) is 0 Å². The summed E-state index contributed by atoms with van der Waals surface area (Å²) in [6.45, 7) is 5.95. The fourth-order valence-corrected chi connectivity index (χ4v) is 1.10. The number of hydrogen-bond donors (Lipinski definition) is 0. The van der Waals surface area contributed by atoms with Gasteiger partial charge in [-0.3, -0.25) is 0 Å². The van der Waals surface area contributed by atoms with Crippen LogP contribution in [0.3, 0.4) is 0 Å². The second-order valence-corrected chi connectivity index (χ2v) is 2.44. The molecule has 0 saturated carbocycles. The van der Waals surface area contributed by atoms with E-state index < -0.39 is 0 Å². The quantitative estimate of drug-likeness (QED) is 0.676. The summed E-state index contributed by atoms with van der Waals surface area (Å²) in [6, 6.07) is 7.97. The molecule has 2 nitrogen and oxygen atoms in total. The van der Waals surface area contributed by atoms with Crippen molar-refractivity contribution in [3.05, 3.63) is 36.2 Å². The zero-order valence-electron chi connectivity index (χ0n) is 8.58. The molecule has 2 rings (SSSR count). The van der Waals surface area contributed by atoms with Crippen LogP contribution in [0.4, 0.5) is 0 Å². The summed E-state index contributed by atoms with van der Waals surface area (Å²) in [4.78, 5) is 0. The first-order valence-corrected chi connectivity index (χ1v) is 4.47. The number of aromatic nitrogens is 2. The van der Waals surface area contributed by atoms with E-state index in [0.29, 0.717) is 0 Å². The number of nitrogens with zero attached hydrogens (tertiary/aromatic N) is 2. The molecule has 14 heavy (non-hydrogen) atoms. The Morgan fingerprint density at radius 3 is 2.43 bits per heavy atom. The van der Waals surface area contributed by atoms with E-state index in [4.69, 9.17) is 0 Å². The monoisotopic (exact) mass is 360 g/mol. The van der Waals surface area contributed by atoms with E-state index in [1.165, 1.54) is 0 Å². The molecule has 0 amide bonds. The number of benzene rings is 1. The smallest absolute Gasteiger partial charge is 0.0117 e. The van der Waals surface area contributed by atoms with Gasteiger partial charge in [0, 0.05) is 26.1 Å². The molecule has 0 atom stereocenters. The summed E-state index contributed by atoms with van der Waals surface area (Å²) in [6.07, 6.45) is 2.83. The van der Waals surface area contributed by atoms with Gasteiger partial charge in [-0.2, -0.15) is 16.6 Å². The Labute approximate surface area is 98.4 Å². The van der Waals surface area contributed by atoms with Crippen LogP contribution in [-0.4, -0.2) is 10.2 Å². The fourth-order valence-electron chi connectivity index (χ4n) is 1.10. The van der Waals surface area contributed by atoms with Gasteiger partial charge in [0.1, 0.15) is 0 Å². The van der Waals surface area contributed by atoms with Gasteiger partial charge in [-0.05, 0) is 13.1 Å². The van der Waals surface area contributed by atoms with E-state index >= 15 is 0 Å². The van der Waals surface area contributed by atoms with E-state index in [1.54, 1.807) is 0 Å². The first kappa shape index (κ1) is 13.2. The normalized spacial score (nSPS) is 8.50. The third-order valence-corrected chi connectivity index (χ3v) is 1.69. The van der Waals surface area contributed by atoms with Crippen molar-refractivity contribution in [2.24, 2.45) is 0 Å². The predicted octanol–water partition coefficient (Wildman–Crippen LogP) is 2.76. The van der Waals surface area contributed by atoms with E-state index in [9.17, 15) is 0 Å². The molecule has 1 heterocycles. The molecule has 0 unspecified atom stereocenters. The molecule has 0 aliphatic rings. The topological polar surface area (TPSA) is 25.8 Å². The molecule has 0 aliphatic carbocycles. The Morgan fingerprint density at radius 2 is 1.79 bits per heavy atom. The molecule has 1 radical (unpaired) electrons. The Bertz CT molecular complexity index is 382. The fraction of sp³-hybridized carbons (Fsp3) is 0.273. The summed E-state index contributed by atoms with van der Waals surface area (Å²) in [5.41, 5.74) is 0.958. The molecule has 0 N–H and O–H groups in total. The van der Waals surface area contributed by atoms with Gasteiger partial charge in [-0.25, -0.2) is 5.10 Å². The number of fused-ring (bicyclic) bond motifs is 1. The van der Waals surface area contributed by atoms with Gasteiger partial charge in [0.05, 0.1) is 0 Å². The average Bonchev–Trinajstić information content (AvgIpc) is 2.22. The summed E-state index contributed by atoms with van der Waals surface area (Å²) < 4.78 is 0. The molecular formula is C11H13N2Re-. The molecule has 0 spiro atoms. The molecule has 0 saturated heterocycles. The molecule has 0 bridgehead atoms. The van der Waals surface area contributed by atoms with Gasteiger partial charge in [0.2, 0.25) is 0 Å². The Morgan fingerprint density at radius 1 is 1.14 bits per heavy atom. The van der Waals surface area contributed by atoms with E-state index in [-0.39, 0.29) is 20.4 Å². The van der Waals surface area contributed by atoms with Crippen LogP contribution in [0.15, 0.2) is 24.3 Å². The van der Waals surface area contributed by atoms with Crippen LogP contribution in [0.25, 0.3) is 10.8 Å². The SMILES string of the molecule is CC.Cc1nn[c-]c2ccccc12.[Re]. The predicted molar refractivity (Wildman–Crippen MR) is 54.5 cm³/mol.